The van der Waals surface area contributed by atoms with Crippen LogP contribution in [0.5, 0.6) is 0 Å². The average molecular weight is 641 g/mol. The molecule has 2 aliphatic heterocycles. The van der Waals surface area contributed by atoms with Crippen LogP contribution >= 0.6 is 0 Å². The van der Waals surface area contributed by atoms with Gasteiger partial charge in [0.25, 0.3) is 0 Å². The molecule has 0 unspecified atom stereocenters. The Hall–Kier alpha value is -4.44. The van der Waals surface area contributed by atoms with E-state index in [4.69, 9.17) is 19.4 Å². The zero-order valence-corrected chi connectivity index (χ0v) is 28.1. The van der Waals surface area contributed by atoms with Crippen LogP contribution in [-0.4, -0.2) is 83.5 Å². The van der Waals surface area contributed by atoms with E-state index in [9.17, 15) is 9.18 Å². The third-order valence-corrected chi connectivity index (χ3v) is 8.98. The van der Waals surface area contributed by atoms with Crippen molar-refractivity contribution in [2.45, 2.75) is 59.1 Å². The second-order valence-electron chi connectivity index (χ2n) is 13.3. The molecule has 4 aromatic rings. The second kappa shape index (κ2) is 13.7. The smallest absolute Gasteiger partial charge is 0.410 e. The van der Waals surface area contributed by atoms with Crippen molar-refractivity contribution in [3.63, 3.8) is 0 Å². The fourth-order valence-corrected chi connectivity index (χ4v) is 6.45. The summed E-state index contributed by atoms with van der Waals surface area (Å²) >= 11 is 0. The minimum Gasteiger partial charge on any atom is -0.444 e. The second-order valence-corrected chi connectivity index (χ2v) is 13.3. The lowest BCUT2D eigenvalue weighted by atomic mass is 9.96. The van der Waals surface area contributed by atoms with Crippen molar-refractivity contribution in [3.05, 3.63) is 72.3 Å². The Morgan fingerprint density at radius 1 is 0.979 bits per heavy atom. The van der Waals surface area contributed by atoms with Crippen LogP contribution in [0.3, 0.4) is 0 Å². The first-order chi connectivity index (χ1) is 22.6. The number of aromatic amines is 1. The molecule has 0 aliphatic carbocycles. The van der Waals surface area contributed by atoms with Crippen molar-refractivity contribution in [2.24, 2.45) is 0 Å². The normalized spacial score (nSPS) is 16.0. The number of benzene rings is 2. The number of ether oxygens (including phenoxy) is 2. The van der Waals surface area contributed by atoms with Crippen LogP contribution in [0.25, 0.3) is 33.8 Å². The SMILES string of the molecule is CCN(c1cc(-c2ccc(N3CCN(C(=O)OC(C)(C)C)CC3)nc2)cc(-c2ncc(-c3ccc(F)cc3)[nH]2)c1C)C1CCOCC1. The number of amides is 1. The Morgan fingerprint density at radius 3 is 2.32 bits per heavy atom. The van der Waals surface area contributed by atoms with Crippen LogP contribution in [-0.2, 0) is 9.47 Å². The third kappa shape index (κ3) is 7.43. The number of carbonyl (C=O) groups is 1. The summed E-state index contributed by atoms with van der Waals surface area (Å²) in [6, 6.07) is 15.5. The minimum absolute atomic E-state index is 0.267. The van der Waals surface area contributed by atoms with Crippen molar-refractivity contribution in [1.82, 2.24) is 19.9 Å². The number of pyridine rings is 1. The lowest BCUT2D eigenvalue weighted by molar-refractivity contribution is 0.0240. The molecule has 2 aliphatic rings. The maximum Gasteiger partial charge on any atom is 0.410 e. The summed E-state index contributed by atoms with van der Waals surface area (Å²) in [5, 5.41) is 0. The summed E-state index contributed by atoms with van der Waals surface area (Å²) in [4.78, 5) is 32.2. The number of halogens is 1. The van der Waals surface area contributed by atoms with Gasteiger partial charge in [0, 0.05) is 75.0 Å². The van der Waals surface area contributed by atoms with E-state index in [0.717, 1.165) is 77.8 Å². The van der Waals surface area contributed by atoms with Crippen LogP contribution in [0, 0.1) is 12.7 Å². The highest BCUT2D eigenvalue weighted by Crippen LogP contribution is 2.38. The Kier molecular flexibility index (Phi) is 9.50. The van der Waals surface area contributed by atoms with E-state index in [0.29, 0.717) is 32.2 Å². The van der Waals surface area contributed by atoms with Gasteiger partial charge in [0.15, 0.2) is 0 Å². The largest absolute Gasteiger partial charge is 0.444 e. The van der Waals surface area contributed by atoms with E-state index in [1.54, 1.807) is 17.0 Å². The number of carbonyl (C=O) groups excluding carboxylic acids is 1. The molecule has 1 N–H and O–H groups in total. The van der Waals surface area contributed by atoms with Gasteiger partial charge < -0.3 is 29.2 Å². The minimum atomic E-state index is -0.512. The lowest BCUT2D eigenvalue weighted by Gasteiger charge is -2.37. The monoisotopic (exact) mass is 640 g/mol. The van der Waals surface area contributed by atoms with E-state index in [-0.39, 0.29) is 11.9 Å². The molecular formula is C37H45FN6O3. The highest BCUT2D eigenvalue weighted by molar-refractivity contribution is 5.81. The molecule has 0 spiro atoms. The maximum atomic E-state index is 13.6. The first-order valence-corrected chi connectivity index (χ1v) is 16.6. The molecule has 9 nitrogen and oxygen atoms in total. The highest BCUT2D eigenvalue weighted by Gasteiger charge is 2.27. The number of hydrogen-bond acceptors (Lipinski definition) is 7. The number of aromatic nitrogens is 3. The first-order valence-electron chi connectivity index (χ1n) is 16.6. The molecule has 1 amide bonds. The van der Waals surface area contributed by atoms with Crippen molar-refractivity contribution >= 4 is 17.6 Å². The molecule has 4 heterocycles. The van der Waals surface area contributed by atoms with E-state index in [1.807, 2.05) is 33.2 Å². The molecule has 0 atom stereocenters. The fourth-order valence-electron chi connectivity index (χ4n) is 6.45. The zero-order chi connectivity index (χ0) is 33.1. The van der Waals surface area contributed by atoms with E-state index in [2.05, 4.69) is 52.9 Å². The van der Waals surface area contributed by atoms with E-state index >= 15 is 0 Å². The number of imidazole rings is 1. The molecule has 2 aromatic carbocycles. The van der Waals surface area contributed by atoms with Gasteiger partial charge in [-0.15, -0.1) is 0 Å². The Balaban J connectivity index is 1.29. The lowest BCUT2D eigenvalue weighted by Crippen LogP contribution is -2.50. The first kappa shape index (κ1) is 32.5. The number of anilines is 2. The van der Waals surface area contributed by atoms with Gasteiger partial charge in [-0.25, -0.2) is 19.2 Å². The molecule has 47 heavy (non-hydrogen) atoms. The van der Waals surface area contributed by atoms with Gasteiger partial charge >= 0.3 is 6.09 Å². The molecule has 2 fully saturated rings. The number of nitrogens with one attached hydrogen (secondary N) is 1. The van der Waals surface area contributed by atoms with Crippen molar-refractivity contribution in [1.29, 1.82) is 0 Å². The van der Waals surface area contributed by atoms with Gasteiger partial charge in [-0.3, -0.25) is 0 Å². The average Bonchev–Trinajstić information content (AvgIpc) is 3.56. The molecule has 0 saturated carbocycles. The van der Waals surface area contributed by atoms with Crippen LogP contribution in [0.4, 0.5) is 20.7 Å². The summed E-state index contributed by atoms with van der Waals surface area (Å²) < 4.78 is 24.8. The standard InChI is InChI=1S/C37H45FN6O3/c1-6-44(30-13-19-46-20-14-30)33-22-28(21-31(25(33)2)35-40-24-32(41-35)26-7-10-29(38)11-8-26)27-9-12-34(39-23-27)42-15-17-43(18-16-42)36(45)47-37(3,4)5/h7-12,21-24,30H,6,13-20H2,1-5H3,(H,40,41). The van der Waals surface area contributed by atoms with Crippen LogP contribution < -0.4 is 9.80 Å². The summed E-state index contributed by atoms with van der Waals surface area (Å²) in [7, 11) is 0. The molecule has 0 bridgehead atoms. The highest BCUT2D eigenvalue weighted by atomic mass is 19.1. The Bertz CT molecular complexity index is 1670. The van der Waals surface area contributed by atoms with Gasteiger partial charge in [0.05, 0.1) is 11.9 Å². The van der Waals surface area contributed by atoms with Gasteiger partial charge in [-0.05, 0) is 113 Å². The van der Waals surface area contributed by atoms with Crippen LogP contribution in [0.2, 0.25) is 0 Å². The number of hydrogen-bond donors (Lipinski definition) is 1. The van der Waals surface area contributed by atoms with Crippen molar-refractivity contribution < 1.29 is 18.7 Å². The Labute approximate surface area is 276 Å². The van der Waals surface area contributed by atoms with Gasteiger partial charge in [0.1, 0.15) is 23.1 Å². The predicted octanol–water partition coefficient (Wildman–Crippen LogP) is 7.32. The molecule has 2 aromatic heterocycles. The fraction of sp³-hybridized carbons (Fsp3) is 0.432. The predicted molar refractivity (Wildman–Crippen MR) is 184 cm³/mol. The van der Waals surface area contributed by atoms with E-state index in [1.165, 1.54) is 17.8 Å². The van der Waals surface area contributed by atoms with Gasteiger partial charge in [0.2, 0.25) is 0 Å². The van der Waals surface area contributed by atoms with E-state index < -0.39 is 5.60 Å². The maximum absolute atomic E-state index is 13.6. The topological polar surface area (TPSA) is 86.8 Å². The summed E-state index contributed by atoms with van der Waals surface area (Å²) in [5.74, 6) is 1.38. The van der Waals surface area contributed by atoms with Crippen LogP contribution in [0.15, 0.2) is 60.9 Å². The quantitative estimate of drug-likeness (QED) is 0.227. The Morgan fingerprint density at radius 2 is 1.68 bits per heavy atom. The number of rotatable bonds is 7. The number of piperazine rings is 1. The zero-order valence-electron chi connectivity index (χ0n) is 28.1. The summed E-state index contributed by atoms with van der Waals surface area (Å²) in [5.41, 5.74) is 6.60. The molecule has 10 heteroatoms. The molecule has 248 valence electrons. The van der Waals surface area contributed by atoms with Gasteiger partial charge in [-0.2, -0.15) is 0 Å². The summed E-state index contributed by atoms with van der Waals surface area (Å²) in [6.07, 6.45) is 5.45. The van der Waals surface area contributed by atoms with Crippen molar-refractivity contribution in [2.75, 3.05) is 55.7 Å². The molecule has 2 saturated heterocycles. The summed E-state index contributed by atoms with van der Waals surface area (Å²) in [6.45, 7) is 15.0. The third-order valence-electron chi connectivity index (χ3n) is 8.98. The molecular weight excluding hydrogens is 595 g/mol. The number of nitrogens with zero attached hydrogens (tertiary/aromatic N) is 5. The molecule has 6 rings (SSSR count). The number of H-pyrrole nitrogens is 1. The van der Waals surface area contributed by atoms with Gasteiger partial charge in [-0.1, -0.05) is 0 Å². The van der Waals surface area contributed by atoms with Crippen molar-refractivity contribution in [3.8, 4) is 33.8 Å². The molecule has 0 radical (unpaired) electrons. The van der Waals surface area contributed by atoms with Crippen LogP contribution in [0.1, 0.15) is 46.1 Å².